The quantitative estimate of drug-likeness (QED) is 0.805. The number of para-hydroxylation sites is 2. The third kappa shape index (κ3) is 2.44. The second-order valence-corrected chi connectivity index (χ2v) is 4.45. The van der Waals surface area contributed by atoms with Gasteiger partial charge in [0.2, 0.25) is 5.43 Å². The summed E-state index contributed by atoms with van der Waals surface area (Å²) in [5.74, 6) is 0.484. The molecule has 100 valence electrons. The fraction of sp³-hybridized carbons (Fsp3) is 0. The van der Waals surface area contributed by atoms with Crippen molar-refractivity contribution in [3.8, 4) is 17.3 Å². The molecule has 0 saturated heterocycles. The molecule has 0 aliphatic heterocycles. The minimum Gasteiger partial charge on any atom is -0.433 e. The molecule has 2 aromatic heterocycles. The van der Waals surface area contributed by atoms with Crippen molar-refractivity contribution in [3.63, 3.8) is 0 Å². The number of aromatic amines is 1. The summed E-state index contributed by atoms with van der Waals surface area (Å²) in [6, 6.07) is 12.4. The van der Waals surface area contributed by atoms with Gasteiger partial charge in [-0.15, -0.1) is 5.10 Å². The van der Waals surface area contributed by atoms with E-state index in [1.807, 2.05) is 47.3 Å². The summed E-state index contributed by atoms with van der Waals surface area (Å²) in [6.45, 7) is 0. The highest BCUT2D eigenvalue weighted by Crippen LogP contribution is 2.25. The van der Waals surface area contributed by atoms with E-state index in [9.17, 15) is 4.79 Å². The first-order valence-corrected chi connectivity index (χ1v) is 6.27. The van der Waals surface area contributed by atoms with E-state index >= 15 is 0 Å². The van der Waals surface area contributed by atoms with Crippen LogP contribution in [0.3, 0.4) is 0 Å². The predicted molar refractivity (Wildman–Crippen MR) is 75.7 cm³/mol. The standard InChI is InChI=1S/C14H10ClN3O2/c15-13-9-11(19)14(17-16-13)20-12-6-2-1-5-10(12)18-7-3-4-8-18/h1-9H,(H,16,19). The second-order valence-electron chi connectivity index (χ2n) is 4.05. The third-order valence-electron chi connectivity index (χ3n) is 2.69. The summed E-state index contributed by atoms with van der Waals surface area (Å²) in [6.07, 6.45) is 3.78. The van der Waals surface area contributed by atoms with Crippen LogP contribution in [0.2, 0.25) is 5.15 Å². The highest BCUT2D eigenvalue weighted by Gasteiger charge is 2.09. The molecule has 0 spiro atoms. The summed E-state index contributed by atoms with van der Waals surface area (Å²) < 4.78 is 7.47. The fourth-order valence-corrected chi connectivity index (χ4v) is 1.94. The Balaban J connectivity index is 2.01. The Bertz CT molecular complexity index is 781. The van der Waals surface area contributed by atoms with Crippen LogP contribution in [0.5, 0.6) is 11.6 Å². The van der Waals surface area contributed by atoms with E-state index in [0.29, 0.717) is 5.75 Å². The molecular formula is C14H10ClN3O2. The molecule has 3 aromatic rings. The van der Waals surface area contributed by atoms with E-state index in [1.165, 1.54) is 6.07 Å². The molecule has 0 unspecified atom stereocenters. The Morgan fingerprint density at radius 3 is 2.65 bits per heavy atom. The maximum Gasteiger partial charge on any atom is 0.285 e. The molecule has 0 bridgehead atoms. The lowest BCUT2D eigenvalue weighted by Gasteiger charge is -2.10. The minimum absolute atomic E-state index is 0.0472. The highest BCUT2D eigenvalue weighted by molar-refractivity contribution is 6.29. The Hall–Kier alpha value is -2.53. The molecule has 2 heterocycles. The number of hydrogen-bond acceptors (Lipinski definition) is 3. The number of aromatic nitrogens is 3. The van der Waals surface area contributed by atoms with E-state index in [0.717, 1.165) is 5.69 Å². The largest absolute Gasteiger partial charge is 0.433 e. The maximum atomic E-state index is 11.7. The van der Waals surface area contributed by atoms with Gasteiger partial charge in [0.1, 0.15) is 5.15 Å². The van der Waals surface area contributed by atoms with E-state index in [1.54, 1.807) is 6.07 Å². The van der Waals surface area contributed by atoms with Crippen molar-refractivity contribution in [2.24, 2.45) is 0 Å². The molecule has 5 nitrogen and oxygen atoms in total. The number of nitrogens with zero attached hydrogens (tertiary/aromatic N) is 2. The molecule has 3 rings (SSSR count). The molecule has 20 heavy (non-hydrogen) atoms. The topological polar surface area (TPSA) is 59.9 Å². The van der Waals surface area contributed by atoms with Crippen molar-refractivity contribution in [1.29, 1.82) is 0 Å². The fourth-order valence-electron chi connectivity index (χ4n) is 1.80. The highest BCUT2D eigenvalue weighted by atomic mass is 35.5. The Kier molecular flexibility index (Phi) is 3.26. The first kappa shape index (κ1) is 12.5. The third-order valence-corrected chi connectivity index (χ3v) is 2.88. The van der Waals surface area contributed by atoms with Crippen LogP contribution >= 0.6 is 11.6 Å². The van der Waals surface area contributed by atoms with Gasteiger partial charge in [-0.25, -0.2) is 0 Å². The number of nitrogens with one attached hydrogen (secondary N) is 1. The normalized spacial score (nSPS) is 10.4. The van der Waals surface area contributed by atoms with Crippen LogP contribution in [0.1, 0.15) is 0 Å². The van der Waals surface area contributed by atoms with Gasteiger partial charge in [0.25, 0.3) is 5.88 Å². The number of H-pyrrole nitrogens is 1. The van der Waals surface area contributed by atoms with Crippen LogP contribution < -0.4 is 10.2 Å². The smallest absolute Gasteiger partial charge is 0.285 e. The lowest BCUT2D eigenvalue weighted by molar-refractivity contribution is 0.448. The lowest BCUT2D eigenvalue weighted by atomic mass is 10.3. The number of benzene rings is 1. The second kappa shape index (κ2) is 5.22. The Labute approximate surface area is 119 Å². The number of rotatable bonds is 3. The van der Waals surface area contributed by atoms with Gasteiger partial charge in [0.15, 0.2) is 5.75 Å². The average Bonchev–Trinajstić information content (AvgIpc) is 2.96. The number of ether oxygens (including phenoxy) is 1. The van der Waals surface area contributed by atoms with E-state index in [2.05, 4.69) is 10.2 Å². The number of halogens is 1. The van der Waals surface area contributed by atoms with Crippen molar-refractivity contribution < 1.29 is 4.74 Å². The van der Waals surface area contributed by atoms with Gasteiger partial charge >= 0.3 is 0 Å². The zero-order valence-corrected chi connectivity index (χ0v) is 11.0. The predicted octanol–water partition coefficient (Wildman–Crippen LogP) is 3.01. The summed E-state index contributed by atoms with van der Waals surface area (Å²) in [5, 5.41) is 6.46. The molecule has 0 atom stereocenters. The van der Waals surface area contributed by atoms with E-state index < -0.39 is 0 Å². The monoisotopic (exact) mass is 287 g/mol. The summed E-state index contributed by atoms with van der Waals surface area (Å²) in [5.41, 5.74) is 0.435. The first-order chi connectivity index (χ1) is 9.74. The molecule has 1 aromatic carbocycles. The molecule has 0 aliphatic carbocycles. The summed E-state index contributed by atoms with van der Waals surface area (Å²) >= 11 is 5.65. The van der Waals surface area contributed by atoms with Gasteiger partial charge in [-0.05, 0) is 24.3 Å². The molecule has 0 aliphatic rings. The van der Waals surface area contributed by atoms with Gasteiger partial charge in [-0.2, -0.15) is 0 Å². The molecule has 0 fully saturated rings. The van der Waals surface area contributed by atoms with Gasteiger partial charge in [-0.1, -0.05) is 23.7 Å². The van der Waals surface area contributed by atoms with Crippen molar-refractivity contribution in [1.82, 2.24) is 14.8 Å². The van der Waals surface area contributed by atoms with Gasteiger partial charge in [-0.3, -0.25) is 9.89 Å². The molecule has 0 saturated carbocycles. The zero-order chi connectivity index (χ0) is 13.9. The van der Waals surface area contributed by atoms with Crippen molar-refractivity contribution >= 4 is 11.6 Å². The van der Waals surface area contributed by atoms with Crippen LogP contribution in [0.4, 0.5) is 0 Å². The molecule has 1 N–H and O–H groups in total. The van der Waals surface area contributed by atoms with Crippen molar-refractivity contribution in [2.45, 2.75) is 0 Å². The molecular weight excluding hydrogens is 278 g/mol. The number of hydrogen-bond donors (Lipinski definition) is 1. The molecule has 0 radical (unpaired) electrons. The van der Waals surface area contributed by atoms with Crippen LogP contribution in [0.25, 0.3) is 5.69 Å². The van der Waals surface area contributed by atoms with Gasteiger partial charge in [0.05, 0.1) is 5.69 Å². The van der Waals surface area contributed by atoms with Crippen LogP contribution in [-0.4, -0.2) is 14.8 Å². The van der Waals surface area contributed by atoms with Crippen LogP contribution in [0.15, 0.2) is 59.7 Å². The minimum atomic E-state index is -0.379. The van der Waals surface area contributed by atoms with Gasteiger partial charge < -0.3 is 9.30 Å². The summed E-state index contributed by atoms with van der Waals surface area (Å²) in [4.78, 5) is 11.7. The van der Waals surface area contributed by atoms with E-state index in [-0.39, 0.29) is 16.5 Å². The average molecular weight is 288 g/mol. The maximum absolute atomic E-state index is 11.7. The SMILES string of the molecule is O=c1cc(Cl)[nH]nc1Oc1ccccc1-n1cccc1. The van der Waals surface area contributed by atoms with Crippen LogP contribution in [0, 0.1) is 0 Å². The first-order valence-electron chi connectivity index (χ1n) is 5.89. The Morgan fingerprint density at radius 1 is 1.15 bits per heavy atom. The zero-order valence-electron chi connectivity index (χ0n) is 10.3. The van der Waals surface area contributed by atoms with E-state index in [4.69, 9.17) is 16.3 Å². The van der Waals surface area contributed by atoms with Crippen molar-refractivity contribution in [3.05, 3.63) is 70.2 Å². The Morgan fingerprint density at radius 2 is 1.90 bits per heavy atom. The lowest BCUT2D eigenvalue weighted by Crippen LogP contribution is -2.08. The molecule has 6 heteroatoms. The van der Waals surface area contributed by atoms with Gasteiger partial charge in [0, 0.05) is 18.5 Å². The van der Waals surface area contributed by atoms with Crippen molar-refractivity contribution in [2.75, 3.05) is 0 Å². The summed E-state index contributed by atoms with van der Waals surface area (Å²) in [7, 11) is 0. The molecule has 0 amide bonds. The van der Waals surface area contributed by atoms with Crippen LogP contribution in [-0.2, 0) is 0 Å².